The fraction of sp³-hybridized carbons (Fsp3) is 0.500. The van der Waals surface area contributed by atoms with Crippen LogP contribution in [0.4, 0.5) is 0 Å². The van der Waals surface area contributed by atoms with Crippen LogP contribution in [0.25, 0.3) is 0 Å². The normalized spacial score (nSPS) is 35.2. The third-order valence-electron chi connectivity index (χ3n) is 3.72. The van der Waals surface area contributed by atoms with Crippen molar-refractivity contribution in [1.29, 1.82) is 0 Å². The summed E-state index contributed by atoms with van der Waals surface area (Å²) in [5.74, 6) is 0.798. The Bertz CT molecular complexity index is 467. The third-order valence-corrected chi connectivity index (χ3v) is 5.22. The molecule has 2 unspecified atom stereocenters. The van der Waals surface area contributed by atoms with Gasteiger partial charge < -0.3 is 10.2 Å². The lowest BCUT2D eigenvalue weighted by molar-refractivity contribution is 0.413. The summed E-state index contributed by atoms with van der Waals surface area (Å²) in [7, 11) is 0. The monoisotopic (exact) mass is 278 g/mol. The predicted octanol–water partition coefficient (Wildman–Crippen LogP) is 4.82. The molecule has 2 N–H and O–H groups in total. The summed E-state index contributed by atoms with van der Waals surface area (Å²) >= 11 is 1.89. The first-order chi connectivity index (χ1) is 8.73. The SMILES string of the molecule is CC1=CC(C)(SC2(C)C=C(C)C(O)=CC2)CC=C1O. The lowest BCUT2D eigenvalue weighted by atomic mass is 9.95. The number of allylic oxidation sites excluding steroid dienone is 4. The van der Waals surface area contributed by atoms with Crippen molar-refractivity contribution in [2.45, 2.75) is 50.0 Å². The second-order valence-corrected chi connectivity index (χ2v) is 8.04. The van der Waals surface area contributed by atoms with Crippen LogP contribution in [0.3, 0.4) is 0 Å². The summed E-state index contributed by atoms with van der Waals surface area (Å²) in [6.45, 7) is 8.30. The maximum atomic E-state index is 9.69. The Morgan fingerprint density at radius 3 is 1.58 bits per heavy atom. The van der Waals surface area contributed by atoms with Crippen molar-refractivity contribution >= 4 is 11.8 Å². The Labute approximate surface area is 119 Å². The Morgan fingerprint density at radius 1 is 0.895 bits per heavy atom. The highest BCUT2D eigenvalue weighted by Crippen LogP contribution is 2.47. The molecule has 3 heteroatoms. The van der Waals surface area contributed by atoms with Gasteiger partial charge in [-0.2, -0.15) is 0 Å². The van der Waals surface area contributed by atoms with Crippen LogP contribution in [0.1, 0.15) is 40.5 Å². The standard InChI is InChI=1S/C16H22O2S/c1-11-9-15(3,7-5-13(11)17)19-16(4)8-6-14(18)12(2)10-16/h5-6,9-10,17-18H,7-8H2,1-4H3. The minimum Gasteiger partial charge on any atom is -0.508 e. The summed E-state index contributed by atoms with van der Waals surface area (Å²) in [4.78, 5) is 0. The maximum Gasteiger partial charge on any atom is 0.114 e. The van der Waals surface area contributed by atoms with Crippen LogP contribution < -0.4 is 0 Å². The second-order valence-electron chi connectivity index (χ2n) is 5.97. The molecule has 2 nitrogen and oxygen atoms in total. The molecule has 19 heavy (non-hydrogen) atoms. The quantitative estimate of drug-likeness (QED) is 0.760. The van der Waals surface area contributed by atoms with E-state index in [0.29, 0.717) is 11.5 Å². The van der Waals surface area contributed by atoms with E-state index < -0.39 is 0 Å². The van der Waals surface area contributed by atoms with Gasteiger partial charge in [-0.25, -0.2) is 0 Å². The molecule has 0 aromatic heterocycles. The van der Waals surface area contributed by atoms with Crippen molar-refractivity contribution in [2.75, 3.05) is 0 Å². The van der Waals surface area contributed by atoms with Crippen LogP contribution in [0.5, 0.6) is 0 Å². The molecular formula is C16H22O2S. The van der Waals surface area contributed by atoms with Gasteiger partial charge in [0.05, 0.1) is 0 Å². The topological polar surface area (TPSA) is 40.5 Å². The molecule has 0 saturated carbocycles. The van der Waals surface area contributed by atoms with Crippen LogP contribution >= 0.6 is 11.8 Å². The summed E-state index contributed by atoms with van der Waals surface area (Å²) < 4.78 is -0.0225. The minimum atomic E-state index is -0.0113. The zero-order valence-electron chi connectivity index (χ0n) is 12.0. The summed E-state index contributed by atoms with van der Waals surface area (Å²) in [5, 5.41) is 19.4. The lowest BCUT2D eigenvalue weighted by Crippen LogP contribution is -2.30. The Kier molecular flexibility index (Phi) is 3.61. The van der Waals surface area contributed by atoms with Crippen molar-refractivity contribution < 1.29 is 10.2 Å². The molecule has 2 rings (SSSR count). The zero-order valence-corrected chi connectivity index (χ0v) is 12.8. The van der Waals surface area contributed by atoms with Gasteiger partial charge in [-0.1, -0.05) is 12.2 Å². The van der Waals surface area contributed by atoms with Gasteiger partial charge in [0.25, 0.3) is 0 Å². The Hall–Kier alpha value is -1.09. The molecular weight excluding hydrogens is 256 g/mol. The van der Waals surface area contributed by atoms with Crippen molar-refractivity contribution in [1.82, 2.24) is 0 Å². The van der Waals surface area contributed by atoms with Gasteiger partial charge in [-0.3, -0.25) is 0 Å². The smallest absolute Gasteiger partial charge is 0.114 e. The highest BCUT2D eigenvalue weighted by Gasteiger charge is 2.35. The highest BCUT2D eigenvalue weighted by molar-refractivity contribution is 8.02. The molecule has 0 aliphatic heterocycles. The molecule has 0 spiro atoms. The molecule has 2 aliphatic carbocycles. The number of rotatable bonds is 2. The molecule has 2 aliphatic rings. The van der Waals surface area contributed by atoms with E-state index in [9.17, 15) is 10.2 Å². The number of hydrogen-bond acceptors (Lipinski definition) is 3. The molecule has 0 heterocycles. The summed E-state index contributed by atoms with van der Waals surface area (Å²) in [6, 6.07) is 0. The van der Waals surface area contributed by atoms with Gasteiger partial charge >= 0.3 is 0 Å². The predicted molar refractivity (Wildman–Crippen MR) is 82.6 cm³/mol. The highest BCUT2D eigenvalue weighted by atomic mass is 32.2. The molecule has 2 atom stereocenters. The van der Waals surface area contributed by atoms with Crippen molar-refractivity contribution in [3.05, 3.63) is 47.0 Å². The molecule has 0 radical (unpaired) electrons. The van der Waals surface area contributed by atoms with Crippen LogP contribution in [0, 0.1) is 0 Å². The van der Waals surface area contributed by atoms with Crippen molar-refractivity contribution in [3.8, 4) is 0 Å². The molecule has 0 amide bonds. The van der Waals surface area contributed by atoms with E-state index in [1.165, 1.54) is 0 Å². The van der Waals surface area contributed by atoms with E-state index in [1.807, 2.05) is 37.8 Å². The average Bonchev–Trinajstić information content (AvgIpc) is 2.29. The molecule has 0 saturated heterocycles. The Balaban J connectivity index is 2.19. The first-order valence-corrected chi connectivity index (χ1v) is 7.43. The lowest BCUT2D eigenvalue weighted by Gasteiger charge is -2.38. The molecule has 104 valence electrons. The molecule has 0 aromatic rings. The van der Waals surface area contributed by atoms with Crippen LogP contribution in [-0.2, 0) is 0 Å². The summed E-state index contributed by atoms with van der Waals surface area (Å²) in [6.07, 6.45) is 9.77. The maximum absolute atomic E-state index is 9.69. The van der Waals surface area contributed by atoms with E-state index in [-0.39, 0.29) is 9.49 Å². The summed E-state index contributed by atoms with van der Waals surface area (Å²) in [5.41, 5.74) is 1.89. The van der Waals surface area contributed by atoms with E-state index in [0.717, 1.165) is 24.0 Å². The van der Waals surface area contributed by atoms with E-state index in [2.05, 4.69) is 26.0 Å². The van der Waals surface area contributed by atoms with Crippen LogP contribution in [0.2, 0.25) is 0 Å². The van der Waals surface area contributed by atoms with E-state index >= 15 is 0 Å². The van der Waals surface area contributed by atoms with Gasteiger partial charge in [0, 0.05) is 9.49 Å². The number of aliphatic hydroxyl groups is 2. The van der Waals surface area contributed by atoms with E-state index in [4.69, 9.17) is 0 Å². The van der Waals surface area contributed by atoms with Crippen molar-refractivity contribution in [3.63, 3.8) is 0 Å². The van der Waals surface area contributed by atoms with Gasteiger partial charge in [0.2, 0.25) is 0 Å². The number of hydrogen-bond donors (Lipinski definition) is 2. The largest absolute Gasteiger partial charge is 0.508 e. The minimum absolute atomic E-state index is 0.0113. The van der Waals surface area contributed by atoms with Crippen molar-refractivity contribution in [2.24, 2.45) is 0 Å². The van der Waals surface area contributed by atoms with Gasteiger partial charge in [-0.15, -0.1) is 11.8 Å². The third kappa shape index (κ3) is 3.08. The average molecular weight is 278 g/mol. The fourth-order valence-corrected chi connectivity index (χ4v) is 4.65. The Morgan fingerprint density at radius 2 is 1.26 bits per heavy atom. The molecule has 0 fully saturated rings. The first-order valence-electron chi connectivity index (χ1n) is 6.61. The second kappa shape index (κ2) is 4.78. The zero-order chi connectivity index (χ0) is 14.3. The van der Waals surface area contributed by atoms with Gasteiger partial charge in [-0.05, 0) is 63.8 Å². The molecule has 0 aromatic carbocycles. The molecule has 0 bridgehead atoms. The van der Waals surface area contributed by atoms with E-state index in [1.54, 1.807) is 0 Å². The fourth-order valence-electron chi connectivity index (χ4n) is 2.78. The number of aliphatic hydroxyl groups excluding tert-OH is 2. The number of thioether (sulfide) groups is 1. The van der Waals surface area contributed by atoms with Crippen LogP contribution in [-0.4, -0.2) is 19.7 Å². The first kappa shape index (κ1) is 14.3. The van der Waals surface area contributed by atoms with Crippen LogP contribution in [0.15, 0.2) is 47.0 Å². The van der Waals surface area contributed by atoms with Gasteiger partial charge in [0.1, 0.15) is 11.5 Å². The van der Waals surface area contributed by atoms with Gasteiger partial charge in [0.15, 0.2) is 0 Å².